The number of nitrogens with one attached hydrogen (secondary N) is 1. The van der Waals surface area contributed by atoms with Crippen molar-refractivity contribution in [2.75, 3.05) is 6.54 Å². The van der Waals surface area contributed by atoms with Crippen LogP contribution < -0.4 is 5.32 Å². The van der Waals surface area contributed by atoms with E-state index in [4.69, 9.17) is 6.42 Å². The molecule has 0 fully saturated rings. The lowest BCUT2D eigenvalue weighted by Gasteiger charge is -2.11. The highest BCUT2D eigenvalue weighted by atomic mass is 14.9. The molecule has 74 valence electrons. The Hall–Kier alpha value is -1.40. The van der Waals surface area contributed by atoms with Crippen molar-refractivity contribution in [1.29, 1.82) is 0 Å². The number of hydrogen-bond donors (Lipinski definition) is 1. The monoisotopic (exact) mass is 189 g/mol. The first-order valence-electron chi connectivity index (χ1n) is 4.77. The second-order valence-electron chi connectivity index (χ2n) is 3.11. The highest BCUT2D eigenvalue weighted by Crippen LogP contribution is 2.05. The fraction of sp³-hybridized carbons (Fsp3) is 0.455. The van der Waals surface area contributed by atoms with E-state index < -0.39 is 0 Å². The van der Waals surface area contributed by atoms with Crippen LogP contribution in [0.15, 0.2) is 18.6 Å². The maximum absolute atomic E-state index is 5.16. The molecule has 0 amide bonds. The number of rotatable bonds is 5. The maximum Gasteiger partial charge on any atom is 0.0753 e. The summed E-state index contributed by atoms with van der Waals surface area (Å²) in [5.41, 5.74) is 0.966. The summed E-state index contributed by atoms with van der Waals surface area (Å²) in [6, 6.07) is 0.237. The standard InChI is InChI=1S/C11H15N3/c1-3-4-5-6-13-10(2)11-9-12-7-8-14-11/h1,7-10,13H,4-6H2,2H3. The van der Waals surface area contributed by atoms with Crippen molar-refractivity contribution in [3.63, 3.8) is 0 Å². The van der Waals surface area contributed by atoms with Crippen LogP contribution in [-0.2, 0) is 0 Å². The first-order valence-corrected chi connectivity index (χ1v) is 4.77. The Balaban J connectivity index is 2.29. The fourth-order valence-electron chi connectivity index (χ4n) is 1.15. The number of aromatic nitrogens is 2. The maximum atomic E-state index is 5.16. The Morgan fingerprint density at radius 3 is 3.07 bits per heavy atom. The number of terminal acetylenes is 1. The molecule has 0 saturated carbocycles. The van der Waals surface area contributed by atoms with Gasteiger partial charge in [0.15, 0.2) is 0 Å². The molecule has 0 radical (unpaired) electrons. The average Bonchev–Trinajstić information content (AvgIpc) is 2.25. The van der Waals surface area contributed by atoms with Crippen LogP contribution in [0.1, 0.15) is 31.5 Å². The summed E-state index contributed by atoms with van der Waals surface area (Å²) in [6.45, 7) is 2.99. The molecular weight excluding hydrogens is 174 g/mol. The summed E-state index contributed by atoms with van der Waals surface area (Å²) >= 11 is 0. The summed E-state index contributed by atoms with van der Waals surface area (Å²) in [5, 5.41) is 3.34. The highest BCUT2D eigenvalue weighted by molar-refractivity contribution is 5.00. The van der Waals surface area contributed by atoms with Gasteiger partial charge in [-0.15, -0.1) is 12.3 Å². The molecule has 14 heavy (non-hydrogen) atoms. The van der Waals surface area contributed by atoms with Crippen molar-refractivity contribution >= 4 is 0 Å². The molecule has 0 aliphatic carbocycles. The molecule has 0 saturated heterocycles. The second-order valence-corrected chi connectivity index (χ2v) is 3.11. The third-order valence-corrected chi connectivity index (χ3v) is 1.98. The van der Waals surface area contributed by atoms with Gasteiger partial charge in [0.1, 0.15) is 0 Å². The molecule has 3 nitrogen and oxygen atoms in total. The minimum atomic E-state index is 0.237. The van der Waals surface area contributed by atoms with Gasteiger partial charge in [0.2, 0.25) is 0 Å². The Morgan fingerprint density at radius 2 is 2.43 bits per heavy atom. The van der Waals surface area contributed by atoms with Crippen LogP contribution >= 0.6 is 0 Å². The minimum Gasteiger partial charge on any atom is -0.309 e. The van der Waals surface area contributed by atoms with Crippen molar-refractivity contribution < 1.29 is 0 Å². The largest absolute Gasteiger partial charge is 0.309 e. The summed E-state index contributed by atoms with van der Waals surface area (Å²) < 4.78 is 0. The number of nitrogens with zero attached hydrogens (tertiary/aromatic N) is 2. The van der Waals surface area contributed by atoms with E-state index in [1.165, 1.54) is 0 Å². The third-order valence-electron chi connectivity index (χ3n) is 1.98. The van der Waals surface area contributed by atoms with Crippen molar-refractivity contribution in [3.8, 4) is 12.3 Å². The first-order chi connectivity index (χ1) is 6.84. The zero-order valence-electron chi connectivity index (χ0n) is 8.40. The molecule has 1 N–H and O–H groups in total. The van der Waals surface area contributed by atoms with E-state index in [1.54, 1.807) is 18.6 Å². The van der Waals surface area contributed by atoms with Crippen LogP contribution in [0.5, 0.6) is 0 Å². The van der Waals surface area contributed by atoms with Crippen molar-refractivity contribution in [2.24, 2.45) is 0 Å². The van der Waals surface area contributed by atoms with Crippen LogP contribution in [-0.4, -0.2) is 16.5 Å². The average molecular weight is 189 g/mol. The molecule has 1 atom stereocenters. The lowest BCUT2D eigenvalue weighted by Crippen LogP contribution is -2.20. The van der Waals surface area contributed by atoms with Gasteiger partial charge in [-0.05, 0) is 19.9 Å². The molecule has 1 unspecified atom stereocenters. The molecule has 0 aliphatic rings. The zero-order valence-corrected chi connectivity index (χ0v) is 8.40. The van der Waals surface area contributed by atoms with Crippen molar-refractivity contribution in [1.82, 2.24) is 15.3 Å². The predicted molar refractivity (Wildman–Crippen MR) is 56.5 cm³/mol. The summed E-state index contributed by atoms with van der Waals surface area (Å²) in [5.74, 6) is 2.61. The van der Waals surface area contributed by atoms with E-state index in [1.807, 2.05) is 0 Å². The lowest BCUT2D eigenvalue weighted by molar-refractivity contribution is 0.549. The topological polar surface area (TPSA) is 37.8 Å². The normalized spacial score (nSPS) is 12.0. The molecule has 0 aromatic carbocycles. The number of hydrogen-bond acceptors (Lipinski definition) is 3. The zero-order chi connectivity index (χ0) is 10.2. The van der Waals surface area contributed by atoms with Gasteiger partial charge >= 0.3 is 0 Å². The molecule has 1 aromatic rings. The van der Waals surface area contributed by atoms with Gasteiger partial charge < -0.3 is 5.32 Å². The SMILES string of the molecule is C#CCCCNC(C)c1cnccn1. The molecule has 1 aromatic heterocycles. The Morgan fingerprint density at radius 1 is 1.57 bits per heavy atom. The second kappa shape index (κ2) is 6.11. The Kier molecular flexibility index (Phi) is 4.66. The van der Waals surface area contributed by atoms with Crippen molar-refractivity contribution in [2.45, 2.75) is 25.8 Å². The summed E-state index contributed by atoms with van der Waals surface area (Å²) in [7, 11) is 0. The molecule has 1 heterocycles. The van der Waals surface area contributed by atoms with Gasteiger partial charge in [0, 0.05) is 31.1 Å². The van der Waals surface area contributed by atoms with Gasteiger partial charge in [0.25, 0.3) is 0 Å². The van der Waals surface area contributed by atoms with Gasteiger partial charge in [-0.2, -0.15) is 0 Å². The summed E-state index contributed by atoms with van der Waals surface area (Å²) in [6.07, 6.45) is 12.1. The molecule has 1 rings (SSSR count). The minimum absolute atomic E-state index is 0.237. The molecular formula is C11H15N3. The van der Waals surface area contributed by atoms with E-state index in [0.717, 1.165) is 25.1 Å². The smallest absolute Gasteiger partial charge is 0.0753 e. The van der Waals surface area contributed by atoms with E-state index in [0.29, 0.717) is 0 Å². The van der Waals surface area contributed by atoms with Gasteiger partial charge in [-0.1, -0.05) is 0 Å². The van der Waals surface area contributed by atoms with E-state index >= 15 is 0 Å². The Labute approximate surface area is 85.0 Å². The summed E-state index contributed by atoms with van der Waals surface area (Å²) in [4.78, 5) is 8.23. The number of unbranched alkanes of at least 4 members (excludes halogenated alkanes) is 1. The van der Waals surface area contributed by atoms with Crippen LogP contribution in [0.3, 0.4) is 0 Å². The highest BCUT2D eigenvalue weighted by Gasteiger charge is 2.04. The molecule has 0 aliphatic heterocycles. The quantitative estimate of drug-likeness (QED) is 0.564. The van der Waals surface area contributed by atoms with Crippen LogP contribution in [0, 0.1) is 12.3 Å². The van der Waals surface area contributed by atoms with Crippen molar-refractivity contribution in [3.05, 3.63) is 24.3 Å². The first kappa shape index (κ1) is 10.7. The third kappa shape index (κ3) is 3.55. The van der Waals surface area contributed by atoms with Crippen LogP contribution in [0.2, 0.25) is 0 Å². The predicted octanol–water partition coefficient (Wildman–Crippen LogP) is 1.54. The molecule has 3 heteroatoms. The molecule has 0 spiro atoms. The fourth-order valence-corrected chi connectivity index (χ4v) is 1.15. The van der Waals surface area contributed by atoms with Gasteiger partial charge in [0.05, 0.1) is 5.69 Å². The van der Waals surface area contributed by atoms with Gasteiger partial charge in [-0.25, -0.2) is 0 Å². The Bertz CT molecular complexity index is 289. The van der Waals surface area contributed by atoms with E-state index in [9.17, 15) is 0 Å². The lowest BCUT2D eigenvalue weighted by atomic mass is 10.2. The van der Waals surface area contributed by atoms with Gasteiger partial charge in [-0.3, -0.25) is 9.97 Å². The van der Waals surface area contributed by atoms with Crippen LogP contribution in [0.25, 0.3) is 0 Å². The van der Waals surface area contributed by atoms with Crippen LogP contribution in [0.4, 0.5) is 0 Å². The van der Waals surface area contributed by atoms with E-state index in [2.05, 4.69) is 28.1 Å². The van der Waals surface area contributed by atoms with E-state index in [-0.39, 0.29) is 6.04 Å². The molecule has 0 bridgehead atoms.